The maximum atomic E-state index is 11.7. The Bertz CT molecular complexity index is 425. The van der Waals surface area contributed by atoms with Crippen molar-refractivity contribution in [2.45, 2.75) is 52.7 Å². The number of amides is 2. The highest BCUT2D eigenvalue weighted by molar-refractivity contribution is 5.89. The molecule has 0 heterocycles. The summed E-state index contributed by atoms with van der Waals surface area (Å²) in [5, 5.41) is 5.62. The molecule has 2 N–H and O–H groups in total. The molecule has 0 aliphatic rings. The maximum Gasteiger partial charge on any atom is 0.319 e. The molecule has 0 aliphatic heterocycles. The summed E-state index contributed by atoms with van der Waals surface area (Å²) < 4.78 is 5.71. The summed E-state index contributed by atoms with van der Waals surface area (Å²) in [5.41, 5.74) is 0.265. The second-order valence-corrected chi connectivity index (χ2v) is 6.57. The van der Waals surface area contributed by atoms with Crippen LogP contribution in [0.5, 0.6) is 5.75 Å². The summed E-state index contributed by atoms with van der Waals surface area (Å²) >= 11 is 0. The minimum atomic E-state index is -0.251. The molecule has 0 unspecified atom stereocenters. The number of carbonyl (C=O) groups excluding carboxylic acids is 1. The van der Waals surface area contributed by atoms with Gasteiger partial charge in [-0.2, -0.15) is 0 Å². The Hall–Kier alpha value is -1.71. The Morgan fingerprint density at radius 3 is 1.95 bits per heavy atom. The number of benzene rings is 1. The highest BCUT2D eigenvalue weighted by atomic mass is 16.5. The van der Waals surface area contributed by atoms with Crippen LogP contribution >= 0.6 is 0 Å². The molecule has 2 amide bonds. The number of hydrogen-bond acceptors (Lipinski definition) is 2. The SMILES string of the molecule is CC(C)(C)NC(=O)Nc1ccc(OC(C)(C)C)cc1. The van der Waals surface area contributed by atoms with Gasteiger partial charge < -0.3 is 15.4 Å². The van der Waals surface area contributed by atoms with Crippen molar-refractivity contribution in [3.05, 3.63) is 24.3 Å². The van der Waals surface area contributed by atoms with Gasteiger partial charge in [0.2, 0.25) is 0 Å². The van der Waals surface area contributed by atoms with Gasteiger partial charge in [-0.1, -0.05) is 0 Å². The molecule has 0 saturated carbocycles. The van der Waals surface area contributed by atoms with Crippen LogP contribution in [0.4, 0.5) is 10.5 Å². The zero-order valence-electron chi connectivity index (χ0n) is 12.6. The number of nitrogens with one attached hydrogen (secondary N) is 2. The molecule has 1 aromatic carbocycles. The molecule has 0 saturated heterocycles. The number of carbonyl (C=O) groups is 1. The summed E-state index contributed by atoms with van der Waals surface area (Å²) in [5.74, 6) is 0.786. The molecule has 0 bridgehead atoms. The van der Waals surface area contributed by atoms with E-state index in [2.05, 4.69) is 10.6 Å². The number of hydrogen-bond donors (Lipinski definition) is 2. The van der Waals surface area contributed by atoms with Gasteiger partial charge in [0.25, 0.3) is 0 Å². The first-order valence-electron chi connectivity index (χ1n) is 6.43. The van der Waals surface area contributed by atoms with Crippen LogP contribution in [0, 0.1) is 0 Å². The number of anilines is 1. The molecule has 0 radical (unpaired) electrons. The first-order valence-corrected chi connectivity index (χ1v) is 6.43. The van der Waals surface area contributed by atoms with Gasteiger partial charge in [0.05, 0.1) is 0 Å². The third-order valence-corrected chi connectivity index (χ3v) is 2.02. The maximum absolute atomic E-state index is 11.7. The van der Waals surface area contributed by atoms with Gasteiger partial charge in [-0.05, 0) is 65.8 Å². The summed E-state index contributed by atoms with van der Waals surface area (Å²) in [4.78, 5) is 11.7. The van der Waals surface area contributed by atoms with Gasteiger partial charge in [-0.15, -0.1) is 0 Å². The van der Waals surface area contributed by atoms with Gasteiger partial charge >= 0.3 is 6.03 Å². The molecular formula is C15H24N2O2. The van der Waals surface area contributed by atoms with Crippen molar-refractivity contribution >= 4 is 11.7 Å². The first kappa shape index (κ1) is 15.3. The van der Waals surface area contributed by atoms with Gasteiger partial charge in [-0.3, -0.25) is 0 Å². The highest BCUT2D eigenvalue weighted by Crippen LogP contribution is 2.20. The van der Waals surface area contributed by atoms with Crippen molar-refractivity contribution < 1.29 is 9.53 Å². The molecule has 0 atom stereocenters. The van der Waals surface area contributed by atoms with Crippen molar-refractivity contribution in [2.24, 2.45) is 0 Å². The Kier molecular flexibility index (Phi) is 4.45. The van der Waals surface area contributed by atoms with Crippen LogP contribution in [-0.2, 0) is 0 Å². The monoisotopic (exact) mass is 264 g/mol. The molecule has 0 aliphatic carbocycles. The predicted octanol–water partition coefficient (Wildman–Crippen LogP) is 3.78. The lowest BCUT2D eigenvalue weighted by atomic mass is 10.1. The van der Waals surface area contributed by atoms with Crippen LogP contribution in [0.1, 0.15) is 41.5 Å². The molecule has 0 spiro atoms. The van der Waals surface area contributed by atoms with Crippen molar-refractivity contribution in [3.8, 4) is 5.75 Å². The molecule has 1 rings (SSSR count). The molecular weight excluding hydrogens is 240 g/mol. The number of ether oxygens (including phenoxy) is 1. The van der Waals surface area contributed by atoms with Crippen molar-refractivity contribution in [1.29, 1.82) is 0 Å². The van der Waals surface area contributed by atoms with Crippen molar-refractivity contribution in [2.75, 3.05) is 5.32 Å². The smallest absolute Gasteiger partial charge is 0.319 e. The summed E-state index contributed by atoms with van der Waals surface area (Å²) in [6.07, 6.45) is 0. The lowest BCUT2D eigenvalue weighted by Gasteiger charge is -2.22. The van der Waals surface area contributed by atoms with Crippen LogP contribution in [0.3, 0.4) is 0 Å². The zero-order chi connectivity index (χ0) is 14.7. The fraction of sp³-hybridized carbons (Fsp3) is 0.533. The molecule has 19 heavy (non-hydrogen) atoms. The Morgan fingerprint density at radius 1 is 1.00 bits per heavy atom. The van der Waals surface area contributed by atoms with Gasteiger partial charge in [0, 0.05) is 11.2 Å². The molecule has 4 heteroatoms. The van der Waals surface area contributed by atoms with E-state index >= 15 is 0 Å². The van der Waals surface area contributed by atoms with E-state index < -0.39 is 0 Å². The third-order valence-electron chi connectivity index (χ3n) is 2.02. The standard InChI is InChI=1S/C15H24N2O2/c1-14(2,3)17-13(18)16-11-7-9-12(10-8-11)19-15(4,5)6/h7-10H,1-6H3,(H2,16,17,18). The Labute approximate surface area is 115 Å². The lowest BCUT2D eigenvalue weighted by Crippen LogP contribution is -2.43. The predicted molar refractivity (Wildman–Crippen MR) is 78.7 cm³/mol. The fourth-order valence-corrected chi connectivity index (χ4v) is 1.46. The molecule has 1 aromatic rings. The molecule has 4 nitrogen and oxygen atoms in total. The zero-order valence-corrected chi connectivity index (χ0v) is 12.6. The molecule has 106 valence electrons. The van der Waals surface area contributed by atoms with Gasteiger partial charge in [-0.25, -0.2) is 4.79 Å². The van der Waals surface area contributed by atoms with E-state index in [1.165, 1.54) is 0 Å². The van der Waals surface area contributed by atoms with E-state index in [4.69, 9.17) is 4.74 Å². The molecule has 0 fully saturated rings. The van der Waals surface area contributed by atoms with Crippen LogP contribution < -0.4 is 15.4 Å². The minimum absolute atomic E-state index is 0.211. The topological polar surface area (TPSA) is 50.4 Å². The van der Waals surface area contributed by atoms with Crippen LogP contribution in [0.2, 0.25) is 0 Å². The van der Waals surface area contributed by atoms with E-state index in [9.17, 15) is 4.79 Å². The Morgan fingerprint density at radius 2 is 1.53 bits per heavy atom. The van der Waals surface area contributed by atoms with E-state index in [0.29, 0.717) is 0 Å². The number of rotatable bonds is 2. The third kappa shape index (κ3) is 6.70. The van der Waals surface area contributed by atoms with Gasteiger partial charge in [0.1, 0.15) is 11.4 Å². The Balaban J connectivity index is 2.60. The fourth-order valence-electron chi connectivity index (χ4n) is 1.46. The van der Waals surface area contributed by atoms with E-state index in [-0.39, 0.29) is 17.2 Å². The summed E-state index contributed by atoms with van der Waals surface area (Å²) in [6.45, 7) is 11.8. The minimum Gasteiger partial charge on any atom is -0.488 e. The van der Waals surface area contributed by atoms with E-state index in [0.717, 1.165) is 11.4 Å². The average molecular weight is 264 g/mol. The average Bonchev–Trinajstić information content (AvgIpc) is 2.15. The van der Waals surface area contributed by atoms with Crippen molar-refractivity contribution in [1.82, 2.24) is 5.32 Å². The van der Waals surface area contributed by atoms with Crippen LogP contribution in [-0.4, -0.2) is 17.2 Å². The summed E-state index contributed by atoms with van der Waals surface area (Å²) in [7, 11) is 0. The highest BCUT2D eigenvalue weighted by Gasteiger charge is 2.14. The quantitative estimate of drug-likeness (QED) is 0.854. The van der Waals surface area contributed by atoms with E-state index in [1.54, 1.807) is 0 Å². The van der Waals surface area contributed by atoms with Crippen LogP contribution in [0.25, 0.3) is 0 Å². The van der Waals surface area contributed by atoms with Crippen molar-refractivity contribution in [3.63, 3.8) is 0 Å². The second-order valence-electron chi connectivity index (χ2n) is 6.57. The van der Waals surface area contributed by atoms with E-state index in [1.807, 2.05) is 65.8 Å². The molecule has 0 aromatic heterocycles. The normalized spacial score (nSPS) is 11.9. The summed E-state index contributed by atoms with van der Waals surface area (Å²) in [6, 6.07) is 7.12. The number of urea groups is 1. The van der Waals surface area contributed by atoms with Gasteiger partial charge in [0.15, 0.2) is 0 Å². The first-order chi connectivity index (χ1) is 8.55. The largest absolute Gasteiger partial charge is 0.488 e. The van der Waals surface area contributed by atoms with Crippen LogP contribution in [0.15, 0.2) is 24.3 Å². The second kappa shape index (κ2) is 5.51. The lowest BCUT2D eigenvalue weighted by molar-refractivity contribution is 0.131.